The van der Waals surface area contributed by atoms with E-state index in [4.69, 9.17) is 9.88 Å². The average molecular weight is 301 g/mol. The van der Waals surface area contributed by atoms with Crippen molar-refractivity contribution in [1.29, 1.82) is 0 Å². The highest BCUT2D eigenvalue weighted by atomic mass is 32.2. The van der Waals surface area contributed by atoms with E-state index in [-0.39, 0.29) is 11.6 Å². The summed E-state index contributed by atoms with van der Waals surface area (Å²) in [5.74, 6) is -0.310. The van der Waals surface area contributed by atoms with E-state index in [1.54, 1.807) is 19.1 Å². The Hall–Kier alpha value is -1.64. The van der Waals surface area contributed by atoms with Gasteiger partial charge in [0.25, 0.3) is 16.1 Å². The van der Waals surface area contributed by atoms with E-state index in [2.05, 4.69) is 10.0 Å². The van der Waals surface area contributed by atoms with E-state index in [0.29, 0.717) is 12.1 Å². The van der Waals surface area contributed by atoms with E-state index in [1.807, 2.05) is 6.92 Å². The lowest BCUT2D eigenvalue weighted by molar-refractivity contribution is -0.136. The first-order valence-corrected chi connectivity index (χ1v) is 7.52. The van der Waals surface area contributed by atoms with Crippen LogP contribution in [0.1, 0.15) is 20.3 Å². The summed E-state index contributed by atoms with van der Waals surface area (Å²) < 4.78 is 29.2. The number of carbonyl (C=O) groups excluding carboxylic acids is 1. The van der Waals surface area contributed by atoms with E-state index in [1.165, 1.54) is 19.2 Å². The highest BCUT2D eigenvalue weighted by Crippen LogP contribution is 2.20. The van der Waals surface area contributed by atoms with Crippen molar-refractivity contribution in [2.45, 2.75) is 25.9 Å². The molecular formula is C12H19N3O4S. The molecule has 0 aromatic heterocycles. The topological polar surface area (TPSA) is 111 Å². The molecule has 0 aliphatic carbocycles. The Labute approximate surface area is 118 Å². The second-order valence-electron chi connectivity index (χ2n) is 4.47. The molecule has 0 saturated heterocycles. The molecule has 1 atom stereocenters. The molecular weight excluding hydrogens is 282 g/mol. The van der Waals surface area contributed by atoms with Gasteiger partial charge in [-0.15, -0.1) is 0 Å². The van der Waals surface area contributed by atoms with Crippen LogP contribution >= 0.6 is 0 Å². The minimum atomic E-state index is -3.85. The first-order valence-electron chi connectivity index (χ1n) is 5.97. The van der Waals surface area contributed by atoms with E-state index in [0.717, 1.165) is 0 Å². The van der Waals surface area contributed by atoms with Crippen molar-refractivity contribution in [3.05, 3.63) is 24.3 Å². The predicted octanol–water partition coefficient (Wildman–Crippen LogP) is 1.06. The molecule has 0 radical (unpaired) electrons. The van der Waals surface area contributed by atoms with Gasteiger partial charge in [0.05, 0.1) is 5.69 Å². The van der Waals surface area contributed by atoms with Gasteiger partial charge in [0, 0.05) is 12.8 Å². The summed E-state index contributed by atoms with van der Waals surface area (Å²) in [6, 6.07) is 6.22. The normalized spacial score (nSPS) is 14.4. The van der Waals surface area contributed by atoms with Gasteiger partial charge >= 0.3 is 0 Å². The highest BCUT2D eigenvalue weighted by Gasteiger charge is 2.30. The Bertz CT molecular complexity index is 582. The van der Waals surface area contributed by atoms with Crippen LogP contribution in [0, 0.1) is 0 Å². The zero-order valence-electron chi connectivity index (χ0n) is 11.6. The Morgan fingerprint density at radius 1 is 1.40 bits per heavy atom. The molecule has 1 rings (SSSR count). The zero-order chi connectivity index (χ0) is 15.4. The number of hydrogen-bond acceptors (Lipinski definition) is 4. The summed E-state index contributed by atoms with van der Waals surface area (Å²) in [6.07, 6.45) is 0.504. The number of ether oxygens (including phenoxy) is 1. The Kier molecular flexibility index (Phi) is 5.09. The summed E-state index contributed by atoms with van der Waals surface area (Å²) in [5.41, 5.74) is -0.232. The van der Waals surface area contributed by atoms with Crippen LogP contribution in [0.2, 0.25) is 0 Å². The molecule has 20 heavy (non-hydrogen) atoms. The summed E-state index contributed by atoms with van der Waals surface area (Å²) in [7, 11) is -2.39. The first kappa shape index (κ1) is 16.4. The van der Waals surface area contributed by atoms with Crippen LogP contribution in [0.15, 0.2) is 24.3 Å². The zero-order valence-corrected chi connectivity index (χ0v) is 12.5. The van der Waals surface area contributed by atoms with Crippen LogP contribution in [0.3, 0.4) is 0 Å². The molecule has 0 heterocycles. The molecule has 1 aromatic carbocycles. The molecule has 1 amide bonds. The molecule has 0 saturated carbocycles. The number of carbonyl (C=O) groups is 1. The van der Waals surface area contributed by atoms with Gasteiger partial charge in [-0.25, -0.2) is 5.14 Å². The van der Waals surface area contributed by atoms with Crippen molar-refractivity contribution in [1.82, 2.24) is 0 Å². The fourth-order valence-corrected chi connectivity index (χ4v) is 1.94. The summed E-state index contributed by atoms with van der Waals surface area (Å²) >= 11 is 0. The van der Waals surface area contributed by atoms with Crippen molar-refractivity contribution >= 4 is 27.5 Å². The van der Waals surface area contributed by atoms with Crippen LogP contribution in [0.25, 0.3) is 0 Å². The van der Waals surface area contributed by atoms with Crippen molar-refractivity contribution in [2.24, 2.45) is 5.14 Å². The second kappa shape index (κ2) is 6.21. The molecule has 0 aliphatic heterocycles. The van der Waals surface area contributed by atoms with Crippen LogP contribution < -0.4 is 15.2 Å². The molecule has 0 bridgehead atoms. The number of hydrogen-bond donors (Lipinski definition) is 3. The standard InChI is InChI=1S/C12H19N3O4S/c1-4-12(2,19-3)11(16)14-9-6-5-7-10(8-9)15-20(13,17)18/h5-8,15H,4H2,1-3H3,(H,14,16)(H2,13,17,18). The summed E-state index contributed by atoms with van der Waals surface area (Å²) in [5, 5.41) is 7.56. The van der Waals surface area contributed by atoms with Crippen LogP contribution in [-0.2, 0) is 19.7 Å². The third-order valence-electron chi connectivity index (χ3n) is 2.99. The number of anilines is 2. The van der Waals surface area contributed by atoms with E-state index < -0.39 is 15.8 Å². The molecule has 0 fully saturated rings. The molecule has 0 aliphatic rings. The maximum Gasteiger partial charge on any atom is 0.296 e. The number of rotatable bonds is 6. The van der Waals surface area contributed by atoms with Crippen molar-refractivity contribution in [3.63, 3.8) is 0 Å². The van der Waals surface area contributed by atoms with E-state index >= 15 is 0 Å². The number of amides is 1. The number of benzene rings is 1. The van der Waals surface area contributed by atoms with Gasteiger partial charge in [-0.1, -0.05) is 13.0 Å². The highest BCUT2D eigenvalue weighted by molar-refractivity contribution is 7.90. The van der Waals surface area contributed by atoms with Gasteiger partial charge in [-0.05, 0) is 31.5 Å². The van der Waals surface area contributed by atoms with Crippen LogP contribution in [0.4, 0.5) is 11.4 Å². The average Bonchev–Trinajstić information content (AvgIpc) is 2.36. The van der Waals surface area contributed by atoms with Gasteiger partial charge in [-0.2, -0.15) is 8.42 Å². The first-order chi connectivity index (χ1) is 9.20. The van der Waals surface area contributed by atoms with Crippen LogP contribution in [-0.4, -0.2) is 27.0 Å². The predicted molar refractivity (Wildman–Crippen MR) is 77.5 cm³/mol. The lowest BCUT2D eigenvalue weighted by atomic mass is 10.0. The number of methoxy groups -OCH3 is 1. The molecule has 1 unspecified atom stereocenters. The number of nitrogens with one attached hydrogen (secondary N) is 2. The molecule has 112 valence electrons. The largest absolute Gasteiger partial charge is 0.369 e. The van der Waals surface area contributed by atoms with E-state index in [9.17, 15) is 13.2 Å². The van der Waals surface area contributed by atoms with Crippen LogP contribution in [0.5, 0.6) is 0 Å². The van der Waals surface area contributed by atoms with Crippen molar-refractivity contribution in [3.8, 4) is 0 Å². The van der Waals surface area contributed by atoms with Crippen molar-refractivity contribution < 1.29 is 17.9 Å². The van der Waals surface area contributed by atoms with Gasteiger partial charge in [0.1, 0.15) is 5.60 Å². The molecule has 8 heteroatoms. The Morgan fingerprint density at radius 2 is 2.00 bits per heavy atom. The fraction of sp³-hybridized carbons (Fsp3) is 0.417. The monoisotopic (exact) mass is 301 g/mol. The van der Waals surface area contributed by atoms with Gasteiger partial charge in [0.15, 0.2) is 0 Å². The minimum absolute atomic E-state index is 0.265. The SMILES string of the molecule is CCC(C)(OC)C(=O)Nc1cccc(NS(N)(=O)=O)c1. The lowest BCUT2D eigenvalue weighted by Crippen LogP contribution is -2.41. The smallest absolute Gasteiger partial charge is 0.296 e. The quantitative estimate of drug-likeness (QED) is 0.729. The molecule has 4 N–H and O–H groups in total. The van der Waals surface area contributed by atoms with Gasteiger partial charge in [-0.3, -0.25) is 9.52 Å². The summed E-state index contributed by atoms with van der Waals surface area (Å²) in [6.45, 7) is 3.51. The fourth-order valence-electron chi connectivity index (χ4n) is 1.49. The number of nitrogens with two attached hydrogens (primary N) is 1. The Morgan fingerprint density at radius 3 is 2.50 bits per heavy atom. The van der Waals surface area contributed by atoms with Crippen molar-refractivity contribution in [2.75, 3.05) is 17.1 Å². The molecule has 0 spiro atoms. The maximum absolute atomic E-state index is 12.1. The third-order valence-corrected chi connectivity index (χ3v) is 3.51. The Balaban J connectivity index is 2.89. The van der Waals surface area contributed by atoms with Gasteiger partial charge in [0.2, 0.25) is 0 Å². The summed E-state index contributed by atoms with van der Waals surface area (Å²) in [4.78, 5) is 12.1. The maximum atomic E-state index is 12.1. The van der Waals surface area contributed by atoms with Gasteiger partial charge < -0.3 is 10.1 Å². The minimum Gasteiger partial charge on any atom is -0.369 e. The second-order valence-corrected chi connectivity index (χ2v) is 5.76. The molecule has 7 nitrogen and oxygen atoms in total. The lowest BCUT2D eigenvalue weighted by Gasteiger charge is -2.25. The molecule has 1 aromatic rings. The third kappa shape index (κ3) is 4.48.